The maximum Gasteiger partial charge on any atom is 0.418 e. The predicted octanol–water partition coefficient (Wildman–Crippen LogP) is 3.56. The Kier molecular flexibility index (Phi) is 4.59. The maximum atomic E-state index is 13.2. The maximum absolute atomic E-state index is 13.2. The minimum Gasteiger partial charge on any atom is -0.365 e. The highest BCUT2D eigenvalue weighted by Gasteiger charge is 2.21. The third-order valence-corrected chi connectivity index (χ3v) is 2.83. The summed E-state index contributed by atoms with van der Waals surface area (Å²) in [5.74, 6) is -11.3. The van der Waals surface area contributed by atoms with Crippen LogP contribution in [0, 0.1) is 34.9 Å². The van der Waals surface area contributed by atoms with E-state index in [2.05, 4.69) is 8.37 Å². The molecule has 0 spiro atoms. The van der Waals surface area contributed by atoms with Gasteiger partial charge in [-0.3, -0.25) is 0 Å². The number of halogens is 6. The fourth-order valence-corrected chi connectivity index (χ4v) is 1.99. The first-order chi connectivity index (χ1) is 10.3. The standard InChI is InChI=1S/C12H4F6O3S/c13-5-1-7(15)11(8(16)2-5)20-22(19)21-12-9(17)3-6(14)4-10(12)18/h1-4H. The van der Waals surface area contributed by atoms with Gasteiger partial charge in [-0.25, -0.2) is 26.3 Å². The van der Waals surface area contributed by atoms with Crippen LogP contribution in [0.1, 0.15) is 0 Å². The lowest BCUT2D eigenvalue weighted by atomic mass is 10.3. The first-order valence-electron chi connectivity index (χ1n) is 5.35. The van der Waals surface area contributed by atoms with Crippen LogP contribution in [-0.4, -0.2) is 4.21 Å². The molecule has 22 heavy (non-hydrogen) atoms. The van der Waals surface area contributed by atoms with Crippen LogP contribution < -0.4 is 8.37 Å². The zero-order chi connectivity index (χ0) is 16.4. The van der Waals surface area contributed by atoms with E-state index in [1.165, 1.54) is 0 Å². The molecule has 0 aliphatic heterocycles. The quantitative estimate of drug-likeness (QED) is 0.797. The molecule has 0 aliphatic carbocycles. The molecule has 118 valence electrons. The first-order valence-corrected chi connectivity index (χ1v) is 6.35. The molecule has 0 N–H and O–H groups in total. The molecular formula is C12H4F6O3S. The summed E-state index contributed by atoms with van der Waals surface area (Å²) in [6.07, 6.45) is 0. The van der Waals surface area contributed by atoms with Gasteiger partial charge in [-0.05, 0) is 0 Å². The molecule has 0 aliphatic rings. The molecule has 0 unspecified atom stereocenters. The Bertz CT molecular complexity index is 644. The van der Waals surface area contributed by atoms with Gasteiger partial charge in [0, 0.05) is 24.3 Å². The van der Waals surface area contributed by atoms with Crippen LogP contribution in [0.25, 0.3) is 0 Å². The van der Waals surface area contributed by atoms with Crippen molar-refractivity contribution in [3.05, 3.63) is 59.2 Å². The van der Waals surface area contributed by atoms with E-state index in [4.69, 9.17) is 0 Å². The van der Waals surface area contributed by atoms with E-state index in [0.717, 1.165) is 0 Å². The van der Waals surface area contributed by atoms with Crippen molar-refractivity contribution in [2.75, 3.05) is 0 Å². The van der Waals surface area contributed by atoms with Gasteiger partial charge in [0.1, 0.15) is 11.6 Å². The van der Waals surface area contributed by atoms with E-state index in [-0.39, 0.29) is 24.3 Å². The van der Waals surface area contributed by atoms with Crippen molar-refractivity contribution in [1.82, 2.24) is 0 Å². The topological polar surface area (TPSA) is 35.5 Å². The molecule has 0 bridgehead atoms. The summed E-state index contributed by atoms with van der Waals surface area (Å²) in [6, 6.07) is 0.923. The molecule has 2 rings (SSSR count). The van der Waals surface area contributed by atoms with Crippen LogP contribution in [0.3, 0.4) is 0 Å². The zero-order valence-electron chi connectivity index (χ0n) is 10.2. The average molecular weight is 342 g/mol. The Hall–Kier alpha value is -2.23. The van der Waals surface area contributed by atoms with Crippen LogP contribution in [-0.2, 0) is 11.4 Å². The Morgan fingerprint density at radius 3 is 1.18 bits per heavy atom. The third kappa shape index (κ3) is 3.50. The average Bonchev–Trinajstić information content (AvgIpc) is 2.38. The minimum atomic E-state index is -3.08. The molecule has 0 saturated heterocycles. The molecule has 2 aromatic carbocycles. The summed E-state index contributed by atoms with van der Waals surface area (Å²) in [6.45, 7) is 0. The lowest BCUT2D eigenvalue weighted by Gasteiger charge is -2.08. The van der Waals surface area contributed by atoms with Crippen molar-refractivity contribution < 1.29 is 38.9 Å². The number of hydrogen-bond acceptors (Lipinski definition) is 3. The van der Waals surface area contributed by atoms with Crippen LogP contribution in [0.15, 0.2) is 24.3 Å². The monoisotopic (exact) mass is 342 g/mol. The van der Waals surface area contributed by atoms with Crippen molar-refractivity contribution >= 4 is 11.4 Å². The van der Waals surface area contributed by atoms with Gasteiger partial charge >= 0.3 is 11.4 Å². The van der Waals surface area contributed by atoms with Crippen molar-refractivity contribution in [2.24, 2.45) is 0 Å². The van der Waals surface area contributed by atoms with Crippen LogP contribution in [0.2, 0.25) is 0 Å². The highest BCUT2D eigenvalue weighted by Crippen LogP contribution is 2.27. The molecule has 0 heterocycles. The van der Waals surface area contributed by atoms with Gasteiger partial charge in [-0.1, -0.05) is 0 Å². The van der Waals surface area contributed by atoms with Crippen molar-refractivity contribution in [2.45, 2.75) is 0 Å². The van der Waals surface area contributed by atoms with E-state index in [9.17, 15) is 30.6 Å². The number of rotatable bonds is 4. The Morgan fingerprint density at radius 1 is 0.636 bits per heavy atom. The van der Waals surface area contributed by atoms with Crippen LogP contribution in [0.5, 0.6) is 11.5 Å². The summed E-state index contributed by atoms with van der Waals surface area (Å²) in [5, 5.41) is 0. The van der Waals surface area contributed by atoms with Gasteiger partial charge in [-0.2, -0.15) is 4.21 Å². The highest BCUT2D eigenvalue weighted by molar-refractivity contribution is 7.75. The molecule has 0 fully saturated rings. The molecular weight excluding hydrogens is 338 g/mol. The summed E-state index contributed by atoms with van der Waals surface area (Å²) < 4.78 is 98.0. The molecule has 10 heteroatoms. The molecule has 0 radical (unpaired) electrons. The second kappa shape index (κ2) is 6.26. The van der Waals surface area contributed by atoms with E-state index in [0.29, 0.717) is 0 Å². The van der Waals surface area contributed by atoms with E-state index in [1.807, 2.05) is 0 Å². The van der Waals surface area contributed by atoms with E-state index in [1.54, 1.807) is 0 Å². The van der Waals surface area contributed by atoms with Gasteiger partial charge in [0.2, 0.25) is 11.5 Å². The van der Waals surface area contributed by atoms with Gasteiger partial charge < -0.3 is 8.37 Å². The minimum absolute atomic E-state index is 0.231. The van der Waals surface area contributed by atoms with Crippen molar-refractivity contribution in [1.29, 1.82) is 0 Å². The third-order valence-electron chi connectivity index (χ3n) is 2.23. The SMILES string of the molecule is O=S(Oc1c(F)cc(F)cc1F)Oc1c(F)cc(F)cc1F. The van der Waals surface area contributed by atoms with Crippen LogP contribution >= 0.6 is 0 Å². The molecule has 0 atom stereocenters. The predicted molar refractivity (Wildman–Crippen MR) is 62.0 cm³/mol. The van der Waals surface area contributed by atoms with E-state index >= 15 is 0 Å². The van der Waals surface area contributed by atoms with Gasteiger partial charge in [0.15, 0.2) is 23.3 Å². The number of benzene rings is 2. The summed E-state index contributed by atoms with van der Waals surface area (Å²) in [5.41, 5.74) is 0. The second-order valence-corrected chi connectivity index (χ2v) is 4.51. The lowest BCUT2D eigenvalue weighted by molar-refractivity contribution is 0.393. The van der Waals surface area contributed by atoms with Gasteiger partial charge in [-0.15, -0.1) is 0 Å². The second-order valence-electron chi connectivity index (χ2n) is 3.77. The molecule has 3 nitrogen and oxygen atoms in total. The van der Waals surface area contributed by atoms with Gasteiger partial charge in [0.05, 0.1) is 0 Å². The molecule has 2 aromatic rings. The highest BCUT2D eigenvalue weighted by atomic mass is 32.2. The summed E-state index contributed by atoms with van der Waals surface area (Å²) in [4.78, 5) is 0. The summed E-state index contributed by atoms with van der Waals surface area (Å²) >= 11 is -3.08. The Balaban J connectivity index is 2.22. The van der Waals surface area contributed by atoms with Crippen molar-refractivity contribution in [3.8, 4) is 11.5 Å². The smallest absolute Gasteiger partial charge is 0.365 e. The lowest BCUT2D eigenvalue weighted by Crippen LogP contribution is -2.12. The largest absolute Gasteiger partial charge is 0.418 e. The Labute approximate surface area is 122 Å². The summed E-state index contributed by atoms with van der Waals surface area (Å²) in [7, 11) is 0. The number of hydrogen-bond donors (Lipinski definition) is 0. The molecule has 0 saturated carbocycles. The van der Waals surface area contributed by atoms with Crippen molar-refractivity contribution in [3.63, 3.8) is 0 Å². The van der Waals surface area contributed by atoms with Crippen LogP contribution in [0.4, 0.5) is 26.3 Å². The zero-order valence-corrected chi connectivity index (χ0v) is 11.0. The molecule has 0 amide bonds. The fraction of sp³-hybridized carbons (Fsp3) is 0. The normalized spacial score (nSPS) is 10.9. The fourth-order valence-electron chi connectivity index (χ4n) is 1.37. The molecule has 0 aromatic heterocycles. The first kappa shape index (κ1) is 16.1. The van der Waals surface area contributed by atoms with Gasteiger partial charge in [0.25, 0.3) is 0 Å². The van der Waals surface area contributed by atoms with E-state index < -0.39 is 57.8 Å². The Morgan fingerprint density at radius 2 is 0.909 bits per heavy atom.